The molecule has 6 heteroatoms. The first-order valence-electron chi connectivity index (χ1n) is 9.48. The van der Waals surface area contributed by atoms with E-state index in [1.807, 2.05) is 51.9 Å². The van der Waals surface area contributed by atoms with Crippen molar-refractivity contribution in [1.82, 2.24) is 19.8 Å². The lowest BCUT2D eigenvalue weighted by Gasteiger charge is -2.32. The van der Waals surface area contributed by atoms with E-state index in [9.17, 15) is 9.59 Å². The molecule has 4 rings (SSSR count). The van der Waals surface area contributed by atoms with E-state index in [-0.39, 0.29) is 17.8 Å². The third-order valence-electron chi connectivity index (χ3n) is 5.27. The summed E-state index contributed by atoms with van der Waals surface area (Å²) < 4.78 is 1.85. The number of aromatic amines is 1. The van der Waals surface area contributed by atoms with Crippen LogP contribution in [0.5, 0.6) is 0 Å². The standard InChI is InChI=1S/C21H24N4O2/c26-20(22-13-10-16-6-2-1-3-7-16)24-14-11-17(12-15-24)25-19-9-5-4-8-18(19)23-21(25)27/h1-9,17H,10-15H2,(H,22,26)(H,23,27). The van der Waals surface area contributed by atoms with Gasteiger partial charge in [0.05, 0.1) is 11.0 Å². The molecular formula is C21H24N4O2. The van der Waals surface area contributed by atoms with E-state index in [0.29, 0.717) is 19.6 Å². The van der Waals surface area contributed by atoms with Crippen molar-refractivity contribution in [2.45, 2.75) is 25.3 Å². The Hall–Kier alpha value is -3.02. The highest BCUT2D eigenvalue weighted by Crippen LogP contribution is 2.24. The molecule has 1 saturated heterocycles. The minimum atomic E-state index is -0.0676. The number of aromatic nitrogens is 2. The van der Waals surface area contributed by atoms with E-state index in [2.05, 4.69) is 22.4 Å². The van der Waals surface area contributed by atoms with Gasteiger partial charge in [0.1, 0.15) is 0 Å². The quantitative estimate of drug-likeness (QED) is 0.747. The summed E-state index contributed by atoms with van der Waals surface area (Å²) in [4.78, 5) is 29.5. The SMILES string of the molecule is O=C(NCCc1ccccc1)N1CCC(n2c(=O)[nH]c3ccccc32)CC1. The molecule has 1 aliphatic rings. The average Bonchev–Trinajstić information content (AvgIpc) is 3.04. The number of fused-ring (bicyclic) bond motifs is 1. The molecule has 2 amide bonds. The number of piperidine rings is 1. The van der Waals surface area contributed by atoms with Crippen molar-refractivity contribution in [1.29, 1.82) is 0 Å². The van der Waals surface area contributed by atoms with Crippen molar-refractivity contribution < 1.29 is 4.79 Å². The maximum absolute atomic E-state index is 12.4. The highest BCUT2D eigenvalue weighted by Gasteiger charge is 2.25. The number of para-hydroxylation sites is 2. The van der Waals surface area contributed by atoms with Crippen molar-refractivity contribution in [2.24, 2.45) is 0 Å². The maximum Gasteiger partial charge on any atom is 0.326 e. The number of likely N-dealkylation sites (tertiary alicyclic amines) is 1. The molecule has 3 aromatic rings. The number of urea groups is 1. The first-order chi connectivity index (χ1) is 13.2. The molecule has 0 saturated carbocycles. The van der Waals surface area contributed by atoms with Gasteiger partial charge >= 0.3 is 11.7 Å². The Bertz CT molecular complexity index is 969. The summed E-state index contributed by atoms with van der Waals surface area (Å²) in [6, 6.07) is 18.0. The van der Waals surface area contributed by atoms with E-state index in [1.54, 1.807) is 0 Å². The van der Waals surface area contributed by atoms with Gasteiger partial charge in [-0.3, -0.25) is 4.57 Å². The van der Waals surface area contributed by atoms with Gasteiger partial charge in [0, 0.05) is 25.7 Å². The van der Waals surface area contributed by atoms with Crippen molar-refractivity contribution >= 4 is 17.1 Å². The topological polar surface area (TPSA) is 70.1 Å². The lowest BCUT2D eigenvalue weighted by molar-refractivity contribution is 0.172. The predicted molar refractivity (Wildman–Crippen MR) is 106 cm³/mol. The zero-order valence-corrected chi connectivity index (χ0v) is 15.2. The number of nitrogens with one attached hydrogen (secondary N) is 2. The number of carbonyl (C=O) groups is 1. The number of hydrogen-bond donors (Lipinski definition) is 2. The number of rotatable bonds is 4. The van der Waals surface area contributed by atoms with Crippen molar-refractivity contribution in [3.63, 3.8) is 0 Å². The molecular weight excluding hydrogens is 340 g/mol. The smallest absolute Gasteiger partial charge is 0.326 e. The Balaban J connectivity index is 1.32. The van der Waals surface area contributed by atoms with Crippen LogP contribution in [0.4, 0.5) is 4.79 Å². The van der Waals surface area contributed by atoms with Gasteiger partial charge in [0.15, 0.2) is 0 Å². The molecule has 1 aromatic heterocycles. The van der Waals surface area contributed by atoms with Gasteiger partial charge in [-0.05, 0) is 37.0 Å². The molecule has 27 heavy (non-hydrogen) atoms. The molecule has 2 N–H and O–H groups in total. The largest absolute Gasteiger partial charge is 0.338 e. The monoisotopic (exact) mass is 364 g/mol. The molecule has 0 bridgehead atoms. The maximum atomic E-state index is 12.4. The normalized spacial score (nSPS) is 15.2. The third-order valence-corrected chi connectivity index (χ3v) is 5.27. The minimum Gasteiger partial charge on any atom is -0.338 e. The minimum absolute atomic E-state index is 0.0179. The second-order valence-electron chi connectivity index (χ2n) is 7.00. The van der Waals surface area contributed by atoms with E-state index in [4.69, 9.17) is 0 Å². The Labute approximate surface area is 157 Å². The lowest BCUT2D eigenvalue weighted by atomic mass is 10.0. The molecule has 0 atom stereocenters. The number of amides is 2. The van der Waals surface area contributed by atoms with Gasteiger partial charge in [-0.15, -0.1) is 0 Å². The fourth-order valence-electron chi connectivity index (χ4n) is 3.83. The summed E-state index contributed by atoms with van der Waals surface area (Å²) in [5.74, 6) is 0. The van der Waals surface area contributed by atoms with Crippen LogP contribution in [0.3, 0.4) is 0 Å². The van der Waals surface area contributed by atoms with Crippen LogP contribution in [0.25, 0.3) is 11.0 Å². The van der Waals surface area contributed by atoms with Gasteiger partial charge in [-0.1, -0.05) is 42.5 Å². The predicted octanol–water partition coefficient (Wildman–Crippen LogP) is 2.92. The van der Waals surface area contributed by atoms with Crippen LogP contribution in [0.1, 0.15) is 24.4 Å². The summed E-state index contributed by atoms with van der Waals surface area (Å²) in [5, 5.41) is 3.00. The molecule has 2 heterocycles. The Morgan fingerprint density at radius 2 is 1.74 bits per heavy atom. The lowest BCUT2D eigenvalue weighted by Crippen LogP contribution is -2.45. The van der Waals surface area contributed by atoms with Crippen LogP contribution in [0, 0.1) is 0 Å². The number of imidazole rings is 1. The Kier molecular flexibility index (Phi) is 4.96. The van der Waals surface area contributed by atoms with Crippen LogP contribution >= 0.6 is 0 Å². The van der Waals surface area contributed by atoms with Gasteiger partial charge in [-0.25, -0.2) is 9.59 Å². The number of hydrogen-bond acceptors (Lipinski definition) is 2. The second-order valence-corrected chi connectivity index (χ2v) is 7.00. The molecule has 0 spiro atoms. The zero-order chi connectivity index (χ0) is 18.6. The van der Waals surface area contributed by atoms with E-state index in [1.165, 1.54) is 5.56 Å². The summed E-state index contributed by atoms with van der Waals surface area (Å²) in [7, 11) is 0. The number of carbonyl (C=O) groups excluding carboxylic acids is 1. The van der Waals surface area contributed by atoms with Crippen LogP contribution in [-0.4, -0.2) is 40.1 Å². The first kappa shape index (κ1) is 17.4. The van der Waals surface area contributed by atoms with Crippen LogP contribution in [0.15, 0.2) is 59.4 Å². The van der Waals surface area contributed by atoms with Gasteiger partial charge < -0.3 is 15.2 Å². The van der Waals surface area contributed by atoms with E-state index < -0.39 is 0 Å². The van der Waals surface area contributed by atoms with Crippen molar-refractivity contribution in [3.05, 3.63) is 70.6 Å². The molecule has 140 valence electrons. The van der Waals surface area contributed by atoms with Gasteiger partial charge in [-0.2, -0.15) is 0 Å². The molecule has 1 aliphatic heterocycles. The van der Waals surface area contributed by atoms with Gasteiger partial charge in [0.2, 0.25) is 0 Å². The summed E-state index contributed by atoms with van der Waals surface area (Å²) in [6.45, 7) is 1.95. The Morgan fingerprint density at radius 1 is 1.04 bits per heavy atom. The summed E-state index contributed by atoms with van der Waals surface area (Å²) in [6.07, 6.45) is 2.40. The number of nitrogens with zero attached hydrogens (tertiary/aromatic N) is 2. The molecule has 6 nitrogen and oxygen atoms in total. The number of benzene rings is 2. The van der Waals surface area contributed by atoms with Gasteiger partial charge in [0.25, 0.3) is 0 Å². The third kappa shape index (κ3) is 3.74. The molecule has 0 aliphatic carbocycles. The van der Waals surface area contributed by atoms with E-state index in [0.717, 1.165) is 30.3 Å². The van der Waals surface area contributed by atoms with E-state index >= 15 is 0 Å². The summed E-state index contributed by atoms with van der Waals surface area (Å²) in [5.41, 5.74) is 2.95. The molecule has 2 aromatic carbocycles. The molecule has 0 radical (unpaired) electrons. The fraction of sp³-hybridized carbons (Fsp3) is 0.333. The Morgan fingerprint density at radius 3 is 2.52 bits per heavy atom. The highest BCUT2D eigenvalue weighted by atomic mass is 16.2. The average molecular weight is 364 g/mol. The zero-order valence-electron chi connectivity index (χ0n) is 15.2. The van der Waals surface area contributed by atoms with Crippen molar-refractivity contribution in [2.75, 3.05) is 19.6 Å². The fourth-order valence-corrected chi connectivity index (χ4v) is 3.83. The summed E-state index contributed by atoms with van der Waals surface area (Å²) >= 11 is 0. The molecule has 1 fully saturated rings. The highest BCUT2D eigenvalue weighted by molar-refractivity contribution is 5.75. The number of H-pyrrole nitrogens is 1. The molecule has 0 unspecified atom stereocenters. The van der Waals surface area contributed by atoms with Crippen LogP contribution in [-0.2, 0) is 6.42 Å². The van der Waals surface area contributed by atoms with Crippen LogP contribution in [0.2, 0.25) is 0 Å². The second kappa shape index (κ2) is 7.70. The van der Waals surface area contributed by atoms with Crippen molar-refractivity contribution in [3.8, 4) is 0 Å². The first-order valence-corrected chi connectivity index (χ1v) is 9.48. The van der Waals surface area contributed by atoms with Crippen LogP contribution < -0.4 is 11.0 Å².